The van der Waals surface area contributed by atoms with Gasteiger partial charge in [0, 0.05) is 23.5 Å². The molecule has 21 heavy (non-hydrogen) atoms. The average molecular weight is 326 g/mol. The molecule has 5 nitrogen and oxygen atoms in total. The van der Waals surface area contributed by atoms with Gasteiger partial charge in [0.05, 0.1) is 23.5 Å². The lowest BCUT2D eigenvalue weighted by molar-refractivity contribution is 0.216. The van der Waals surface area contributed by atoms with Crippen molar-refractivity contribution < 1.29 is 12.8 Å². The average Bonchev–Trinajstić information content (AvgIpc) is 3.08. The molecule has 0 unspecified atom stereocenters. The lowest BCUT2D eigenvalue weighted by atomic mass is 10.1. The number of hydrogen-bond donors (Lipinski definition) is 0. The molecule has 3 rings (SSSR count). The highest BCUT2D eigenvalue weighted by molar-refractivity contribution is 7.91. The summed E-state index contributed by atoms with van der Waals surface area (Å²) in [6.45, 7) is 0.749. The molecule has 0 aliphatic carbocycles. The van der Waals surface area contributed by atoms with Crippen LogP contribution < -0.4 is 0 Å². The van der Waals surface area contributed by atoms with Crippen LogP contribution in [0.15, 0.2) is 28.4 Å². The van der Waals surface area contributed by atoms with E-state index < -0.39 is 9.84 Å². The molecule has 7 heteroatoms. The van der Waals surface area contributed by atoms with Crippen LogP contribution in [0.25, 0.3) is 10.6 Å². The first-order valence-electron chi connectivity index (χ1n) is 6.91. The van der Waals surface area contributed by atoms with Crippen molar-refractivity contribution >= 4 is 21.2 Å². The second-order valence-corrected chi connectivity index (χ2v) is 8.62. The molecule has 0 bridgehead atoms. The monoisotopic (exact) mass is 326 g/mol. The van der Waals surface area contributed by atoms with E-state index in [-0.39, 0.29) is 0 Å². The predicted octanol–water partition coefficient (Wildman–Crippen LogP) is 2.41. The van der Waals surface area contributed by atoms with E-state index in [9.17, 15) is 8.42 Å². The Kier molecular flexibility index (Phi) is 4.14. The molecule has 1 aliphatic rings. The molecule has 114 valence electrons. The van der Waals surface area contributed by atoms with Gasteiger partial charge in [0.2, 0.25) is 0 Å². The molecule has 0 aromatic carbocycles. The summed E-state index contributed by atoms with van der Waals surface area (Å²) in [5.41, 5.74) is 2.02. The lowest BCUT2D eigenvalue weighted by Crippen LogP contribution is -2.38. The Balaban J connectivity index is 1.62. The Morgan fingerprint density at radius 3 is 2.86 bits per heavy atom. The van der Waals surface area contributed by atoms with E-state index in [2.05, 4.69) is 15.3 Å². The number of hydrogen-bond acceptors (Lipinski definition) is 6. The fraction of sp³-hybridized carbons (Fsp3) is 0.500. The normalized spacial score (nSPS) is 19.1. The molecule has 0 N–H and O–H groups in total. The van der Waals surface area contributed by atoms with E-state index in [0.717, 1.165) is 35.7 Å². The van der Waals surface area contributed by atoms with Crippen molar-refractivity contribution in [3.05, 3.63) is 29.7 Å². The largest absolute Gasteiger partial charge is 0.472 e. The minimum atomic E-state index is -2.80. The fourth-order valence-corrected chi connectivity index (χ4v) is 4.86. The molecule has 0 spiro atoms. The maximum Gasteiger partial charge on any atom is 0.150 e. The third kappa shape index (κ3) is 3.53. The van der Waals surface area contributed by atoms with Gasteiger partial charge in [0.15, 0.2) is 0 Å². The predicted molar refractivity (Wildman–Crippen MR) is 83.0 cm³/mol. The number of nitrogens with zero attached hydrogens (tertiary/aromatic N) is 2. The highest BCUT2D eigenvalue weighted by Gasteiger charge is 2.26. The van der Waals surface area contributed by atoms with Crippen molar-refractivity contribution in [2.45, 2.75) is 25.4 Å². The van der Waals surface area contributed by atoms with Crippen molar-refractivity contribution in [3.8, 4) is 10.6 Å². The topological polar surface area (TPSA) is 63.4 Å². The summed E-state index contributed by atoms with van der Waals surface area (Å²) in [5.74, 6) is 0.610. The zero-order valence-corrected chi connectivity index (χ0v) is 13.5. The molecular formula is C14H18N2O3S2. The van der Waals surface area contributed by atoms with E-state index >= 15 is 0 Å². The summed E-state index contributed by atoms with van der Waals surface area (Å²) in [7, 11) is -0.757. The number of thiazole rings is 1. The van der Waals surface area contributed by atoms with Gasteiger partial charge in [-0.1, -0.05) is 0 Å². The summed E-state index contributed by atoms with van der Waals surface area (Å²) in [5, 5.41) is 3.01. The third-order valence-corrected chi connectivity index (χ3v) is 6.53. The molecule has 1 fully saturated rings. The summed E-state index contributed by atoms with van der Waals surface area (Å²) in [6.07, 6.45) is 4.78. The van der Waals surface area contributed by atoms with Gasteiger partial charge in [-0.3, -0.25) is 4.90 Å². The minimum absolute atomic E-state index is 0.305. The maximum absolute atomic E-state index is 11.5. The number of sulfone groups is 1. The number of rotatable bonds is 4. The van der Waals surface area contributed by atoms with Gasteiger partial charge in [0.25, 0.3) is 0 Å². The van der Waals surface area contributed by atoms with Gasteiger partial charge < -0.3 is 4.42 Å². The van der Waals surface area contributed by atoms with Crippen LogP contribution >= 0.6 is 11.3 Å². The Labute approximate surface area is 128 Å². The lowest BCUT2D eigenvalue weighted by Gasteiger charge is -2.30. The van der Waals surface area contributed by atoms with Crippen molar-refractivity contribution in [1.82, 2.24) is 9.88 Å². The zero-order chi connectivity index (χ0) is 14.9. The highest BCUT2D eigenvalue weighted by atomic mass is 32.2. The molecular weight excluding hydrogens is 308 g/mol. The highest BCUT2D eigenvalue weighted by Crippen LogP contribution is 2.25. The van der Waals surface area contributed by atoms with Crippen molar-refractivity contribution in [2.75, 3.05) is 18.6 Å². The van der Waals surface area contributed by atoms with Crippen LogP contribution in [0.4, 0.5) is 0 Å². The summed E-state index contributed by atoms with van der Waals surface area (Å²) in [4.78, 5) is 6.83. The molecule has 3 heterocycles. The van der Waals surface area contributed by atoms with Gasteiger partial charge in [-0.05, 0) is 26.0 Å². The first kappa shape index (κ1) is 14.7. The standard InChI is InChI=1S/C14H18N2O3S2/c1-16(13-3-6-21(17,18)7-4-13)8-12-10-20-14(15-12)11-2-5-19-9-11/h2,5,9-10,13H,3-4,6-8H2,1H3. The number of aromatic nitrogens is 1. The van der Waals surface area contributed by atoms with E-state index in [0.29, 0.717) is 17.5 Å². The van der Waals surface area contributed by atoms with Crippen LogP contribution in [0, 0.1) is 0 Å². The van der Waals surface area contributed by atoms with Crippen molar-refractivity contribution in [1.29, 1.82) is 0 Å². The van der Waals surface area contributed by atoms with Gasteiger partial charge in [0.1, 0.15) is 21.1 Å². The molecule has 0 amide bonds. The van der Waals surface area contributed by atoms with Crippen LogP contribution in [0.3, 0.4) is 0 Å². The molecule has 2 aromatic rings. The molecule has 0 saturated carbocycles. The van der Waals surface area contributed by atoms with E-state index in [1.807, 2.05) is 13.1 Å². The molecule has 1 aliphatic heterocycles. The van der Waals surface area contributed by atoms with Gasteiger partial charge in [-0.25, -0.2) is 13.4 Å². The van der Waals surface area contributed by atoms with Crippen molar-refractivity contribution in [3.63, 3.8) is 0 Å². The zero-order valence-electron chi connectivity index (χ0n) is 11.9. The van der Waals surface area contributed by atoms with Crippen LogP contribution in [-0.2, 0) is 16.4 Å². The second kappa shape index (κ2) is 5.90. The maximum atomic E-state index is 11.5. The van der Waals surface area contributed by atoms with E-state index in [1.54, 1.807) is 23.9 Å². The van der Waals surface area contributed by atoms with Gasteiger partial charge in [-0.15, -0.1) is 11.3 Å². The van der Waals surface area contributed by atoms with Crippen LogP contribution in [0.1, 0.15) is 18.5 Å². The van der Waals surface area contributed by atoms with Crippen molar-refractivity contribution in [2.24, 2.45) is 0 Å². The van der Waals surface area contributed by atoms with Crippen LogP contribution in [0.2, 0.25) is 0 Å². The van der Waals surface area contributed by atoms with Gasteiger partial charge in [-0.2, -0.15) is 0 Å². The summed E-state index contributed by atoms with van der Waals surface area (Å²) >= 11 is 1.60. The van der Waals surface area contributed by atoms with Crippen LogP contribution in [-0.4, -0.2) is 42.9 Å². The van der Waals surface area contributed by atoms with E-state index in [4.69, 9.17) is 4.42 Å². The second-order valence-electron chi connectivity index (χ2n) is 5.45. The van der Waals surface area contributed by atoms with Gasteiger partial charge >= 0.3 is 0 Å². The fourth-order valence-electron chi connectivity index (χ4n) is 2.60. The quantitative estimate of drug-likeness (QED) is 0.863. The molecule has 0 radical (unpaired) electrons. The Morgan fingerprint density at radius 1 is 1.43 bits per heavy atom. The minimum Gasteiger partial charge on any atom is -0.472 e. The molecule has 0 atom stereocenters. The first-order valence-corrected chi connectivity index (χ1v) is 9.61. The molecule has 1 saturated heterocycles. The SMILES string of the molecule is CN(Cc1csc(-c2ccoc2)n1)C1CCS(=O)(=O)CC1. The smallest absolute Gasteiger partial charge is 0.150 e. The third-order valence-electron chi connectivity index (χ3n) is 3.88. The number of furan rings is 1. The summed E-state index contributed by atoms with van der Waals surface area (Å²) in [6, 6.07) is 2.23. The molecule has 2 aromatic heterocycles. The Bertz CT molecular complexity index is 678. The van der Waals surface area contributed by atoms with E-state index in [1.165, 1.54) is 0 Å². The Morgan fingerprint density at radius 2 is 2.19 bits per heavy atom. The first-order chi connectivity index (χ1) is 10.0. The van der Waals surface area contributed by atoms with Crippen LogP contribution in [0.5, 0.6) is 0 Å². The summed E-state index contributed by atoms with van der Waals surface area (Å²) < 4.78 is 28.0. The Hall–Kier alpha value is -1.18.